The highest BCUT2D eigenvalue weighted by Crippen LogP contribution is 2.42. The summed E-state index contributed by atoms with van der Waals surface area (Å²) in [4.78, 5) is 8.71. The number of benzene rings is 1. The van der Waals surface area contributed by atoms with Gasteiger partial charge in [0.1, 0.15) is 34.8 Å². The molecule has 33 heavy (non-hydrogen) atoms. The highest BCUT2D eigenvalue weighted by Gasteiger charge is 2.27. The zero-order valence-corrected chi connectivity index (χ0v) is 18.8. The molecule has 1 aliphatic carbocycles. The third-order valence-corrected chi connectivity index (χ3v) is 6.16. The van der Waals surface area contributed by atoms with Gasteiger partial charge in [-0.2, -0.15) is 14.9 Å². The summed E-state index contributed by atoms with van der Waals surface area (Å²) in [6.07, 6.45) is 7.19. The van der Waals surface area contributed by atoms with Crippen molar-refractivity contribution in [1.29, 1.82) is 5.26 Å². The number of nitrogens with two attached hydrogens (primary N) is 1. The van der Waals surface area contributed by atoms with E-state index in [0.717, 1.165) is 16.9 Å². The monoisotopic (exact) mass is 458 g/mol. The summed E-state index contributed by atoms with van der Waals surface area (Å²) < 4.78 is 13.5. The van der Waals surface area contributed by atoms with Gasteiger partial charge in [-0.15, -0.1) is 0 Å². The Balaban J connectivity index is 1.51. The van der Waals surface area contributed by atoms with Crippen molar-refractivity contribution in [3.8, 4) is 6.07 Å². The maximum atomic E-state index is 11.9. The van der Waals surface area contributed by atoms with Gasteiger partial charge < -0.3 is 20.9 Å². The summed E-state index contributed by atoms with van der Waals surface area (Å²) >= 11 is -0.932. The molecule has 0 bridgehead atoms. The summed E-state index contributed by atoms with van der Waals surface area (Å²) in [7, 11) is 0. The summed E-state index contributed by atoms with van der Waals surface area (Å²) in [6, 6.07) is 13.6. The number of hydrogen-bond donors (Lipinski definition) is 3. The van der Waals surface area contributed by atoms with Gasteiger partial charge in [0.15, 0.2) is 5.65 Å². The fourth-order valence-electron chi connectivity index (χ4n) is 3.79. The van der Waals surface area contributed by atoms with Gasteiger partial charge in [0.2, 0.25) is 0 Å². The van der Waals surface area contributed by atoms with Gasteiger partial charge in [-0.25, -0.2) is 9.97 Å². The average molecular weight is 459 g/mol. The third-order valence-electron chi connectivity index (χ3n) is 5.44. The lowest BCUT2D eigenvalue weighted by Crippen LogP contribution is -2.06. The molecule has 166 valence electrons. The van der Waals surface area contributed by atoms with Crippen molar-refractivity contribution in [2.45, 2.75) is 24.5 Å². The van der Waals surface area contributed by atoms with Crippen LogP contribution >= 0.6 is 0 Å². The van der Waals surface area contributed by atoms with Gasteiger partial charge >= 0.3 is 0 Å². The molecule has 0 aliphatic heterocycles. The zero-order valence-electron chi connectivity index (χ0n) is 17.9. The van der Waals surface area contributed by atoms with E-state index in [1.807, 2.05) is 24.3 Å². The highest BCUT2D eigenvalue weighted by molar-refractivity contribution is 7.89. The number of nitrogen functional groups attached to an aromatic ring is 1. The molecule has 3 heterocycles. The van der Waals surface area contributed by atoms with Gasteiger partial charge in [0.25, 0.3) is 0 Å². The fraction of sp³-hybridized carbons (Fsp3) is 0.217. The Kier molecular flexibility index (Phi) is 5.50. The van der Waals surface area contributed by atoms with Crippen LogP contribution in [0.5, 0.6) is 0 Å². The Bertz CT molecular complexity index is 1360. The van der Waals surface area contributed by atoms with Gasteiger partial charge in [0.05, 0.1) is 24.3 Å². The normalized spacial score (nSPS) is 14.1. The first-order valence-electron chi connectivity index (χ1n) is 10.5. The van der Waals surface area contributed by atoms with Crippen molar-refractivity contribution in [2.24, 2.45) is 0 Å². The molecule has 1 atom stereocenters. The largest absolute Gasteiger partial charge is 0.616 e. The molecule has 1 aliphatic rings. The van der Waals surface area contributed by atoms with Crippen LogP contribution in [0.1, 0.15) is 35.4 Å². The molecule has 0 radical (unpaired) electrons. The van der Waals surface area contributed by atoms with E-state index in [1.165, 1.54) is 24.6 Å². The standard InChI is InChI=1S/C23H22N8OS/c1-33(32)13-15-8-17(4-6-19(15)14-2-3-14)28-21-9-22(29-18-5-7-20(25)26-12-18)31-23(30-21)16(10-24)11-27-31/h4-9,11-12,14,29H,2-3,13H2,1H3,(H2,25,26)(H,28,30). The first-order valence-corrected chi connectivity index (χ1v) is 12.2. The van der Waals surface area contributed by atoms with E-state index in [4.69, 9.17) is 5.73 Å². The second-order valence-electron chi connectivity index (χ2n) is 8.06. The number of rotatable bonds is 7. The number of fused-ring (bicyclic) bond motifs is 1. The minimum Gasteiger partial charge on any atom is -0.616 e. The first kappa shape index (κ1) is 21.1. The Morgan fingerprint density at radius 1 is 1.18 bits per heavy atom. The molecule has 0 saturated heterocycles. The van der Waals surface area contributed by atoms with Gasteiger partial charge in [-0.05, 0) is 48.6 Å². The lowest BCUT2D eigenvalue weighted by Gasteiger charge is -2.15. The summed E-state index contributed by atoms with van der Waals surface area (Å²) in [5.74, 6) is 2.67. The lowest BCUT2D eigenvalue weighted by molar-refractivity contribution is 0.600. The van der Waals surface area contributed by atoms with Crippen molar-refractivity contribution in [3.05, 3.63) is 65.5 Å². The van der Waals surface area contributed by atoms with E-state index in [1.54, 1.807) is 23.0 Å². The van der Waals surface area contributed by atoms with E-state index in [-0.39, 0.29) is 0 Å². The molecule has 1 aromatic carbocycles. The zero-order chi connectivity index (χ0) is 22.9. The Morgan fingerprint density at radius 3 is 2.70 bits per heavy atom. The molecule has 5 rings (SSSR count). The van der Waals surface area contributed by atoms with Crippen molar-refractivity contribution in [3.63, 3.8) is 0 Å². The van der Waals surface area contributed by atoms with E-state index in [0.29, 0.717) is 40.3 Å². The van der Waals surface area contributed by atoms with Crippen LogP contribution < -0.4 is 16.4 Å². The van der Waals surface area contributed by atoms with Crippen LogP contribution in [-0.2, 0) is 16.9 Å². The number of aromatic nitrogens is 4. The third kappa shape index (κ3) is 4.55. The average Bonchev–Trinajstić information content (AvgIpc) is 3.54. The molecule has 1 saturated carbocycles. The minimum absolute atomic E-state index is 0.364. The summed E-state index contributed by atoms with van der Waals surface area (Å²) in [5.41, 5.74) is 10.4. The van der Waals surface area contributed by atoms with Crippen LogP contribution in [0.25, 0.3) is 5.65 Å². The number of nitriles is 1. The number of hydrogen-bond acceptors (Lipinski definition) is 8. The number of nitrogens with one attached hydrogen (secondary N) is 2. The van der Waals surface area contributed by atoms with E-state index in [9.17, 15) is 9.81 Å². The lowest BCUT2D eigenvalue weighted by atomic mass is 10.0. The number of anilines is 5. The number of nitrogens with zero attached hydrogens (tertiary/aromatic N) is 5. The molecule has 1 unspecified atom stereocenters. The van der Waals surface area contributed by atoms with Gasteiger partial charge in [-0.3, -0.25) is 0 Å². The van der Waals surface area contributed by atoms with Crippen LogP contribution in [0, 0.1) is 11.3 Å². The Hall–Kier alpha value is -3.81. The van der Waals surface area contributed by atoms with Crippen LogP contribution in [0.3, 0.4) is 0 Å². The SMILES string of the molecule is C[S+]([O-])Cc1cc(Nc2cc(Nc3ccc(N)nc3)n3ncc(C#N)c3n2)ccc1C1CC1. The van der Waals surface area contributed by atoms with Crippen LogP contribution in [0.2, 0.25) is 0 Å². The van der Waals surface area contributed by atoms with Crippen molar-refractivity contribution in [2.75, 3.05) is 22.6 Å². The van der Waals surface area contributed by atoms with Crippen LogP contribution in [0.15, 0.2) is 48.8 Å². The Labute approximate surface area is 193 Å². The molecule has 0 spiro atoms. The van der Waals surface area contributed by atoms with Gasteiger partial charge in [-0.1, -0.05) is 17.2 Å². The molecule has 0 amide bonds. The predicted octanol–water partition coefficient (Wildman–Crippen LogP) is 3.82. The molecular formula is C23H22N8OS. The topological polar surface area (TPSA) is 140 Å². The Morgan fingerprint density at radius 2 is 2.00 bits per heavy atom. The minimum atomic E-state index is -0.932. The van der Waals surface area contributed by atoms with E-state index in [2.05, 4.69) is 37.8 Å². The second-order valence-corrected chi connectivity index (χ2v) is 9.49. The predicted molar refractivity (Wildman–Crippen MR) is 129 cm³/mol. The quantitative estimate of drug-likeness (QED) is 0.355. The number of pyridine rings is 1. The highest BCUT2D eigenvalue weighted by atomic mass is 32.2. The molecule has 4 aromatic rings. The molecule has 3 aromatic heterocycles. The maximum Gasteiger partial charge on any atom is 0.177 e. The molecule has 10 heteroatoms. The van der Waals surface area contributed by atoms with Crippen molar-refractivity contribution in [1.82, 2.24) is 19.6 Å². The fourth-order valence-corrected chi connectivity index (χ4v) is 4.48. The second kappa shape index (κ2) is 8.61. The van der Waals surface area contributed by atoms with Gasteiger partial charge in [0, 0.05) is 17.3 Å². The molecule has 9 nitrogen and oxygen atoms in total. The smallest absolute Gasteiger partial charge is 0.177 e. The van der Waals surface area contributed by atoms with Crippen LogP contribution in [0.4, 0.5) is 28.8 Å². The molecule has 4 N–H and O–H groups in total. The van der Waals surface area contributed by atoms with Crippen molar-refractivity contribution >= 4 is 45.7 Å². The molecule has 1 fully saturated rings. The summed E-state index contributed by atoms with van der Waals surface area (Å²) in [6.45, 7) is 0. The van der Waals surface area contributed by atoms with E-state index >= 15 is 0 Å². The molecular weight excluding hydrogens is 436 g/mol. The van der Waals surface area contributed by atoms with Crippen molar-refractivity contribution < 1.29 is 4.55 Å². The van der Waals surface area contributed by atoms with Crippen LogP contribution in [-0.4, -0.2) is 30.4 Å². The van der Waals surface area contributed by atoms with E-state index < -0.39 is 11.2 Å². The summed E-state index contributed by atoms with van der Waals surface area (Å²) in [5, 5.41) is 20.4. The first-order chi connectivity index (χ1) is 16.0. The maximum absolute atomic E-state index is 11.9.